The van der Waals surface area contributed by atoms with Crippen LogP contribution in [-0.4, -0.2) is 46.8 Å². The van der Waals surface area contributed by atoms with Gasteiger partial charge in [-0.3, -0.25) is 4.90 Å². The van der Waals surface area contributed by atoms with E-state index in [4.69, 9.17) is 4.74 Å². The predicted molar refractivity (Wildman–Crippen MR) is 96.1 cm³/mol. The highest BCUT2D eigenvalue weighted by Gasteiger charge is 2.15. The van der Waals surface area contributed by atoms with E-state index in [1.54, 1.807) is 30.4 Å². The third kappa shape index (κ3) is 4.87. The lowest BCUT2D eigenvalue weighted by Gasteiger charge is -2.26. The van der Waals surface area contributed by atoms with Crippen molar-refractivity contribution in [2.45, 2.75) is 39.5 Å². The van der Waals surface area contributed by atoms with Crippen LogP contribution in [0.15, 0.2) is 29.6 Å². The van der Waals surface area contributed by atoms with Gasteiger partial charge >= 0.3 is 5.97 Å². The number of esters is 1. The molecule has 0 bridgehead atoms. The van der Waals surface area contributed by atoms with Crippen molar-refractivity contribution < 1.29 is 14.6 Å². The molecule has 6 heteroatoms. The zero-order chi connectivity index (χ0) is 17.7. The molecule has 1 heterocycles. The molecule has 1 atom stereocenters. The van der Waals surface area contributed by atoms with Gasteiger partial charge in [-0.2, -0.15) is 0 Å². The molecule has 0 saturated heterocycles. The topological polar surface area (TPSA) is 62.7 Å². The number of aliphatic hydroxyl groups is 1. The lowest BCUT2D eigenvalue weighted by molar-refractivity contribution is 0.0600. The van der Waals surface area contributed by atoms with Crippen molar-refractivity contribution in [1.82, 2.24) is 9.88 Å². The molecule has 5 nitrogen and oxygen atoms in total. The minimum absolute atomic E-state index is 0.337. The van der Waals surface area contributed by atoms with Crippen molar-refractivity contribution in [3.05, 3.63) is 40.9 Å². The molecule has 2 aromatic rings. The highest BCUT2D eigenvalue weighted by Crippen LogP contribution is 2.25. The van der Waals surface area contributed by atoms with E-state index in [0.717, 1.165) is 16.3 Å². The van der Waals surface area contributed by atoms with Crippen molar-refractivity contribution in [1.29, 1.82) is 0 Å². The lowest BCUT2D eigenvalue weighted by atomic mass is 10.1. The minimum Gasteiger partial charge on any atom is -0.465 e. The molecular weight excluding hydrogens is 324 g/mol. The molecule has 24 heavy (non-hydrogen) atoms. The van der Waals surface area contributed by atoms with E-state index >= 15 is 0 Å². The van der Waals surface area contributed by atoms with Gasteiger partial charge in [-0.1, -0.05) is 12.1 Å². The fraction of sp³-hybridized carbons (Fsp3) is 0.444. The number of aliphatic hydroxyl groups excluding tert-OH is 1. The number of thiazole rings is 1. The van der Waals surface area contributed by atoms with Crippen LogP contribution in [0.2, 0.25) is 0 Å². The van der Waals surface area contributed by atoms with Gasteiger partial charge in [0.25, 0.3) is 0 Å². The quantitative estimate of drug-likeness (QED) is 0.779. The molecule has 1 aromatic heterocycles. The zero-order valence-corrected chi connectivity index (χ0v) is 15.3. The van der Waals surface area contributed by atoms with Crippen LogP contribution in [0.1, 0.15) is 36.8 Å². The zero-order valence-electron chi connectivity index (χ0n) is 14.5. The van der Waals surface area contributed by atoms with E-state index in [1.165, 1.54) is 7.11 Å². The summed E-state index contributed by atoms with van der Waals surface area (Å²) in [6, 6.07) is 7.59. The number of nitrogens with zero attached hydrogens (tertiary/aromatic N) is 2. The monoisotopic (exact) mass is 348 g/mol. The van der Waals surface area contributed by atoms with Crippen LogP contribution >= 0.6 is 11.3 Å². The summed E-state index contributed by atoms with van der Waals surface area (Å²) in [6.45, 7) is 7.35. The first-order valence-corrected chi connectivity index (χ1v) is 8.84. The highest BCUT2D eigenvalue weighted by atomic mass is 32.1. The summed E-state index contributed by atoms with van der Waals surface area (Å²) in [4.78, 5) is 18.4. The van der Waals surface area contributed by atoms with Crippen LogP contribution in [0.3, 0.4) is 0 Å². The van der Waals surface area contributed by atoms with Gasteiger partial charge in [0.15, 0.2) is 0 Å². The highest BCUT2D eigenvalue weighted by molar-refractivity contribution is 7.13. The van der Waals surface area contributed by atoms with Crippen LogP contribution in [0, 0.1) is 0 Å². The van der Waals surface area contributed by atoms with Gasteiger partial charge in [0.1, 0.15) is 5.01 Å². The van der Waals surface area contributed by atoms with Crippen LogP contribution in [0.25, 0.3) is 10.6 Å². The molecule has 2 rings (SSSR count). The largest absolute Gasteiger partial charge is 0.465 e. The molecule has 0 aliphatic carbocycles. The van der Waals surface area contributed by atoms with E-state index in [0.29, 0.717) is 24.7 Å². The number of methoxy groups -OCH3 is 1. The van der Waals surface area contributed by atoms with Crippen LogP contribution in [0.4, 0.5) is 0 Å². The number of hydrogen-bond donors (Lipinski definition) is 1. The number of rotatable bonds is 7. The maximum atomic E-state index is 11.5. The van der Waals surface area contributed by atoms with Gasteiger partial charge in [0.2, 0.25) is 0 Å². The van der Waals surface area contributed by atoms with E-state index in [9.17, 15) is 9.90 Å². The number of benzene rings is 1. The maximum Gasteiger partial charge on any atom is 0.337 e. The number of carbonyl (C=O) groups excluding carboxylic acids is 1. The summed E-state index contributed by atoms with van der Waals surface area (Å²) >= 11 is 1.58. The Balaban J connectivity index is 2.10. The average molecular weight is 348 g/mol. The molecule has 130 valence electrons. The average Bonchev–Trinajstić information content (AvgIpc) is 3.01. The molecule has 0 fully saturated rings. The van der Waals surface area contributed by atoms with Crippen LogP contribution in [-0.2, 0) is 11.3 Å². The molecular formula is C18H24N2O3S. The van der Waals surface area contributed by atoms with Crippen molar-refractivity contribution in [3.8, 4) is 10.6 Å². The molecule has 0 aliphatic heterocycles. The normalized spacial score (nSPS) is 12.6. The molecule has 0 aliphatic rings. The molecule has 0 radical (unpaired) electrons. The van der Waals surface area contributed by atoms with E-state index in [1.807, 2.05) is 17.5 Å². The Hall–Kier alpha value is -1.76. The van der Waals surface area contributed by atoms with Gasteiger partial charge < -0.3 is 9.84 Å². The third-order valence-corrected chi connectivity index (χ3v) is 4.64. The molecule has 0 spiro atoms. The predicted octanol–water partition coefficient (Wildman–Crippen LogP) is 3.19. The summed E-state index contributed by atoms with van der Waals surface area (Å²) in [6.07, 6.45) is -0.364. The first-order valence-electron chi connectivity index (χ1n) is 7.96. The third-order valence-electron chi connectivity index (χ3n) is 3.70. The van der Waals surface area contributed by atoms with E-state index in [2.05, 4.69) is 23.7 Å². The van der Waals surface area contributed by atoms with Gasteiger partial charge in [0, 0.05) is 30.1 Å². The van der Waals surface area contributed by atoms with Crippen molar-refractivity contribution in [3.63, 3.8) is 0 Å². The lowest BCUT2D eigenvalue weighted by Crippen LogP contribution is -2.36. The number of ether oxygens (including phenoxy) is 1. The van der Waals surface area contributed by atoms with Gasteiger partial charge in [-0.05, 0) is 32.9 Å². The van der Waals surface area contributed by atoms with Gasteiger partial charge in [0.05, 0.1) is 24.5 Å². The van der Waals surface area contributed by atoms with E-state index < -0.39 is 0 Å². The van der Waals surface area contributed by atoms with Gasteiger partial charge in [-0.15, -0.1) is 11.3 Å². The Morgan fingerprint density at radius 3 is 2.50 bits per heavy atom. The molecule has 1 aromatic carbocycles. The Morgan fingerprint density at radius 2 is 1.96 bits per heavy atom. The summed E-state index contributed by atoms with van der Waals surface area (Å²) in [7, 11) is 1.37. The molecule has 0 amide bonds. The number of carbonyl (C=O) groups is 1. The number of aromatic nitrogens is 1. The van der Waals surface area contributed by atoms with Crippen molar-refractivity contribution in [2.75, 3.05) is 13.7 Å². The summed E-state index contributed by atoms with van der Waals surface area (Å²) in [5.41, 5.74) is 2.49. The van der Waals surface area contributed by atoms with Crippen LogP contribution < -0.4 is 0 Å². The fourth-order valence-corrected chi connectivity index (χ4v) is 3.20. The summed E-state index contributed by atoms with van der Waals surface area (Å²) in [5, 5.41) is 12.6. The first-order chi connectivity index (χ1) is 11.4. The fourth-order valence-electron chi connectivity index (χ4n) is 2.38. The molecule has 0 saturated carbocycles. The van der Waals surface area contributed by atoms with Gasteiger partial charge in [-0.25, -0.2) is 9.78 Å². The second-order valence-electron chi connectivity index (χ2n) is 6.09. The van der Waals surface area contributed by atoms with Crippen molar-refractivity contribution in [2.24, 2.45) is 0 Å². The Bertz CT molecular complexity index is 665. The Morgan fingerprint density at radius 1 is 1.29 bits per heavy atom. The number of hydrogen-bond acceptors (Lipinski definition) is 6. The Kier molecular flexibility index (Phi) is 6.48. The minimum atomic E-state index is -0.364. The first kappa shape index (κ1) is 18.6. The van der Waals surface area contributed by atoms with Crippen molar-refractivity contribution >= 4 is 17.3 Å². The molecule has 1 unspecified atom stereocenters. The Labute approximate surface area is 146 Å². The smallest absolute Gasteiger partial charge is 0.337 e. The summed E-state index contributed by atoms with van der Waals surface area (Å²) in [5.74, 6) is -0.341. The van der Waals surface area contributed by atoms with Crippen LogP contribution in [0.5, 0.6) is 0 Å². The standard InChI is InChI=1S/C18H24N2O3S/c1-12(2)20(9-13(3)21)10-16-11-24-17(19-16)14-5-7-15(8-6-14)18(22)23-4/h5-8,11-13,21H,9-10H2,1-4H3. The molecule has 1 N–H and O–H groups in total. The van der Waals surface area contributed by atoms with E-state index in [-0.39, 0.29) is 12.1 Å². The second-order valence-corrected chi connectivity index (χ2v) is 6.94. The summed E-state index contributed by atoms with van der Waals surface area (Å²) < 4.78 is 4.71. The maximum absolute atomic E-state index is 11.5. The second kappa shape index (κ2) is 8.37. The SMILES string of the molecule is COC(=O)c1ccc(-c2nc(CN(CC(C)O)C(C)C)cs2)cc1.